The van der Waals surface area contributed by atoms with E-state index in [0.29, 0.717) is 11.8 Å². The Bertz CT molecular complexity index is 1100. The molecule has 0 fully saturated rings. The Labute approximate surface area is 202 Å². The van der Waals surface area contributed by atoms with Crippen molar-refractivity contribution >= 4 is 23.1 Å². The second-order valence-corrected chi connectivity index (χ2v) is 17.6. The molecule has 3 heteroatoms. The molecule has 0 spiro atoms. The van der Waals surface area contributed by atoms with Crippen LogP contribution in [-0.2, 0) is 19.4 Å². The molecule has 2 atom stereocenters. The molecule has 1 aliphatic carbocycles. The molecule has 0 N–H and O–H groups in total. The summed E-state index contributed by atoms with van der Waals surface area (Å²) < 4.78 is 0.241. The van der Waals surface area contributed by atoms with Crippen LogP contribution in [0.2, 0.25) is 0 Å². The summed E-state index contributed by atoms with van der Waals surface area (Å²) in [5, 5.41) is 0. The monoisotopic (exact) mass is 525 g/mol. The van der Waals surface area contributed by atoms with Crippen molar-refractivity contribution in [2.75, 3.05) is 0 Å². The number of halogens is 2. The fraction of sp³-hybridized carbons (Fsp3) is 0.286. The standard InChI is InChI=1S/C28H29.2ClH.Zr/c1-5-20(4)23-17-22-15-16-25(21-11-7-6-8-12-21)28(27(22)18-23)26-14-10-9-13-24(26)19(2)3;;;/h6-20H,5H2,1-4H3;2*1H;/q;;;+2/p-2. The normalized spacial score (nSPS) is 16.2. The van der Waals surface area contributed by atoms with Gasteiger partial charge in [0.1, 0.15) is 0 Å². The van der Waals surface area contributed by atoms with Gasteiger partial charge in [0.2, 0.25) is 0 Å². The molecule has 31 heavy (non-hydrogen) atoms. The van der Waals surface area contributed by atoms with Gasteiger partial charge in [-0.3, -0.25) is 0 Å². The summed E-state index contributed by atoms with van der Waals surface area (Å²) in [6.45, 7) is 9.11. The molecule has 0 aromatic heterocycles. The Morgan fingerprint density at radius 1 is 0.839 bits per heavy atom. The molecule has 0 saturated heterocycles. The van der Waals surface area contributed by atoms with Crippen LogP contribution in [0.15, 0.2) is 72.3 Å². The van der Waals surface area contributed by atoms with Crippen LogP contribution in [0.4, 0.5) is 0 Å². The van der Waals surface area contributed by atoms with Crippen molar-refractivity contribution in [2.45, 2.75) is 43.7 Å². The van der Waals surface area contributed by atoms with E-state index < -0.39 is 19.4 Å². The summed E-state index contributed by atoms with van der Waals surface area (Å²) in [7, 11) is 13.5. The number of hydrogen-bond donors (Lipinski definition) is 0. The van der Waals surface area contributed by atoms with Crippen molar-refractivity contribution in [3.05, 3.63) is 89.0 Å². The van der Waals surface area contributed by atoms with Crippen molar-refractivity contribution < 1.29 is 19.4 Å². The summed E-state index contributed by atoms with van der Waals surface area (Å²) >= 11 is -2.57. The SMILES string of the molecule is CCC(C)C1=Cc2c(ccc(-c3ccccc3)c2-c2ccccc2C(C)C)[CH]1[Zr]([Cl])[Cl]. The molecule has 3 aromatic rings. The number of rotatable bonds is 6. The molecule has 0 aliphatic heterocycles. The topological polar surface area (TPSA) is 0 Å². The van der Waals surface area contributed by atoms with Crippen molar-refractivity contribution in [1.82, 2.24) is 0 Å². The Morgan fingerprint density at radius 2 is 1.52 bits per heavy atom. The van der Waals surface area contributed by atoms with E-state index in [9.17, 15) is 0 Å². The second kappa shape index (κ2) is 9.78. The quantitative estimate of drug-likeness (QED) is 0.299. The van der Waals surface area contributed by atoms with Crippen LogP contribution in [0.1, 0.15) is 60.3 Å². The first-order valence-electron chi connectivity index (χ1n) is 11.1. The third-order valence-corrected chi connectivity index (χ3v) is 11.8. The van der Waals surface area contributed by atoms with Crippen molar-refractivity contribution in [2.24, 2.45) is 5.92 Å². The maximum atomic E-state index is 6.77. The van der Waals surface area contributed by atoms with Gasteiger partial charge in [0.15, 0.2) is 0 Å². The zero-order valence-corrected chi connectivity index (χ0v) is 22.6. The summed E-state index contributed by atoms with van der Waals surface area (Å²) in [6.07, 6.45) is 3.53. The number of fused-ring (bicyclic) bond motifs is 1. The van der Waals surface area contributed by atoms with Crippen LogP contribution in [-0.4, -0.2) is 0 Å². The van der Waals surface area contributed by atoms with E-state index in [-0.39, 0.29) is 3.63 Å². The van der Waals surface area contributed by atoms with Crippen molar-refractivity contribution in [1.29, 1.82) is 0 Å². The predicted molar refractivity (Wildman–Crippen MR) is 133 cm³/mol. The van der Waals surface area contributed by atoms with Gasteiger partial charge in [-0.25, -0.2) is 0 Å². The van der Waals surface area contributed by atoms with Gasteiger partial charge in [-0.2, -0.15) is 0 Å². The number of benzene rings is 3. The van der Waals surface area contributed by atoms with Crippen LogP contribution in [0.5, 0.6) is 0 Å². The Morgan fingerprint density at radius 3 is 2.16 bits per heavy atom. The molecular weight excluding hydrogens is 498 g/mol. The Balaban J connectivity index is 2.07. The summed E-state index contributed by atoms with van der Waals surface area (Å²) in [5.41, 5.74) is 10.7. The summed E-state index contributed by atoms with van der Waals surface area (Å²) in [4.78, 5) is 0. The molecule has 0 saturated carbocycles. The van der Waals surface area contributed by atoms with E-state index in [4.69, 9.17) is 17.0 Å². The summed E-state index contributed by atoms with van der Waals surface area (Å²) in [6, 6.07) is 24.2. The second-order valence-electron chi connectivity index (χ2n) is 8.78. The Hall–Kier alpha value is -1.14. The zero-order chi connectivity index (χ0) is 22.1. The maximum absolute atomic E-state index is 6.77. The van der Waals surface area contributed by atoms with Gasteiger partial charge in [0, 0.05) is 0 Å². The molecular formula is C28H29Cl2Zr. The molecule has 0 nitrogen and oxygen atoms in total. The fourth-order valence-corrected chi connectivity index (χ4v) is 10.4. The molecule has 0 heterocycles. The molecule has 4 rings (SSSR count). The van der Waals surface area contributed by atoms with Gasteiger partial charge in [-0.1, -0.05) is 0 Å². The van der Waals surface area contributed by atoms with Gasteiger partial charge in [-0.05, 0) is 0 Å². The Kier molecular flexibility index (Phi) is 7.27. The molecule has 159 valence electrons. The zero-order valence-electron chi connectivity index (χ0n) is 18.6. The van der Waals surface area contributed by atoms with Crippen LogP contribution in [0, 0.1) is 5.92 Å². The van der Waals surface area contributed by atoms with Gasteiger partial charge in [0.05, 0.1) is 0 Å². The number of allylic oxidation sites excluding steroid dienone is 1. The first kappa shape index (κ1) is 23.0. The van der Waals surface area contributed by atoms with E-state index >= 15 is 0 Å². The minimum absolute atomic E-state index is 0.241. The van der Waals surface area contributed by atoms with Gasteiger partial charge in [-0.15, -0.1) is 0 Å². The predicted octanol–water partition coefficient (Wildman–Crippen LogP) is 9.55. The fourth-order valence-electron chi connectivity index (χ4n) is 4.76. The van der Waals surface area contributed by atoms with E-state index in [0.717, 1.165) is 6.42 Å². The number of hydrogen-bond acceptors (Lipinski definition) is 0. The van der Waals surface area contributed by atoms with Crippen LogP contribution in [0.3, 0.4) is 0 Å². The third kappa shape index (κ3) is 4.39. The molecule has 3 aromatic carbocycles. The molecule has 1 aliphatic rings. The molecule has 0 bridgehead atoms. The van der Waals surface area contributed by atoms with Gasteiger partial charge < -0.3 is 0 Å². The van der Waals surface area contributed by atoms with Gasteiger partial charge in [0.25, 0.3) is 0 Å². The summed E-state index contributed by atoms with van der Waals surface area (Å²) in [5.74, 6) is 0.928. The molecule has 0 amide bonds. The average Bonchev–Trinajstić information content (AvgIpc) is 3.18. The minimum atomic E-state index is -2.57. The van der Waals surface area contributed by atoms with Crippen LogP contribution >= 0.6 is 17.0 Å². The van der Waals surface area contributed by atoms with Gasteiger partial charge >= 0.3 is 203 Å². The average molecular weight is 528 g/mol. The first-order valence-corrected chi connectivity index (χ1v) is 18.9. The van der Waals surface area contributed by atoms with E-state index in [1.165, 1.54) is 44.5 Å². The molecule has 2 unspecified atom stereocenters. The van der Waals surface area contributed by atoms with Crippen molar-refractivity contribution in [3.63, 3.8) is 0 Å². The van der Waals surface area contributed by atoms with Crippen LogP contribution < -0.4 is 0 Å². The third-order valence-electron chi connectivity index (χ3n) is 6.57. The molecule has 0 radical (unpaired) electrons. The first-order chi connectivity index (χ1) is 14.9. The van der Waals surface area contributed by atoms with Crippen molar-refractivity contribution in [3.8, 4) is 22.3 Å². The van der Waals surface area contributed by atoms with Crippen LogP contribution in [0.25, 0.3) is 28.3 Å². The van der Waals surface area contributed by atoms with E-state index in [2.05, 4.69) is 101 Å². The van der Waals surface area contributed by atoms with E-state index in [1.807, 2.05) is 0 Å². The van der Waals surface area contributed by atoms with E-state index in [1.54, 1.807) is 0 Å².